The Morgan fingerprint density at radius 2 is 1.35 bits per heavy atom. The van der Waals surface area contributed by atoms with Crippen LogP contribution in [0.2, 0.25) is 19.6 Å². The van der Waals surface area contributed by atoms with Crippen molar-refractivity contribution < 1.29 is 4.43 Å². The van der Waals surface area contributed by atoms with E-state index in [-0.39, 0.29) is 0 Å². The van der Waals surface area contributed by atoms with Crippen LogP contribution in [0.5, 0.6) is 0 Å². The van der Waals surface area contributed by atoms with Gasteiger partial charge in [0.25, 0.3) is 0 Å². The maximum absolute atomic E-state index is 5.66. The monoisotopic (exact) mass is 256 g/mol. The van der Waals surface area contributed by atoms with Crippen molar-refractivity contribution in [1.29, 1.82) is 0 Å². The quantitative estimate of drug-likeness (QED) is 0.255. The summed E-state index contributed by atoms with van der Waals surface area (Å²) in [7, 11) is -1.34. The number of allylic oxidation sites excluding steroid dienone is 1. The summed E-state index contributed by atoms with van der Waals surface area (Å²) < 4.78 is 5.66. The van der Waals surface area contributed by atoms with Gasteiger partial charge in [-0.2, -0.15) is 0 Å². The molecule has 0 aromatic carbocycles. The first kappa shape index (κ1) is 16.8. The van der Waals surface area contributed by atoms with Crippen LogP contribution in [-0.4, -0.2) is 8.32 Å². The highest BCUT2D eigenvalue weighted by Crippen LogP contribution is 2.10. The van der Waals surface area contributed by atoms with Gasteiger partial charge >= 0.3 is 0 Å². The SMILES string of the molecule is CCCCCCCCCC/C=C/O[Si](C)(C)C. The third kappa shape index (κ3) is 15.8. The Bertz CT molecular complexity index is 182. The largest absolute Gasteiger partial charge is 0.550 e. The molecule has 102 valence electrons. The molecule has 0 radical (unpaired) electrons. The smallest absolute Gasteiger partial charge is 0.241 e. The van der Waals surface area contributed by atoms with Crippen LogP contribution in [0.4, 0.5) is 0 Å². The molecule has 0 saturated carbocycles. The van der Waals surface area contributed by atoms with Crippen LogP contribution in [0, 0.1) is 0 Å². The second-order valence-corrected chi connectivity index (χ2v) is 10.3. The molecule has 0 N–H and O–H groups in total. The van der Waals surface area contributed by atoms with E-state index in [1.807, 2.05) is 6.26 Å². The van der Waals surface area contributed by atoms with Crippen molar-refractivity contribution in [3.8, 4) is 0 Å². The predicted molar refractivity (Wildman–Crippen MR) is 80.8 cm³/mol. The summed E-state index contributed by atoms with van der Waals surface area (Å²) in [4.78, 5) is 0. The molecule has 0 fully saturated rings. The summed E-state index contributed by atoms with van der Waals surface area (Å²) in [6, 6.07) is 0. The van der Waals surface area contributed by atoms with Crippen molar-refractivity contribution in [2.24, 2.45) is 0 Å². The Morgan fingerprint density at radius 1 is 0.824 bits per heavy atom. The highest BCUT2D eigenvalue weighted by Gasteiger charge is 2.12. The molecular formula is C15H32OSi. The van der Waals surface area contributed by atoms with Crippen LogP contribution in [0.25, 0.3) is 0 Å². The first-order valence-electron chi connectivity index (χ1n) is 7.39. The van der Waals surface area contributed by atoms with Crippen molar-refractivity contribution in [1.82, 2.24) is 0 Å². The Labute approximate surface area is 110 Å². The Kier molecular flexibility index (Phi) is 10.7. The Balaban J connectivity index is 3.13. The van der Waals surface area contributed by atoms with E-state index in [1.165, 1.54) is 57.8 Å². The van der Waals surface area contributed by atoms with Crippen molar-refractivity contribution in [2.75, 3.05) is 0 Å². The van der Waals surface area contributed by atoms with Crippen molar-refractivity contribution in [3.63, 3.8) is 0 Å². The van der Waals surface area contributed by atoms with Gasteiger partial charge in [-0.25, -0.2) is 0 Å². The molecule has 0 bridgehead atoms. The minimum atomic E-state index is -1.34. The Morgan fingerprint density at radius 3 is 1.88 bits per heavy atom. The molecule has 0 aliphatic rings. The minimum Gasteiger partial charge on any atom is -0.550 e. The molecular weight excluding hydrogens is 224 g/mol. The third-order valence-corrected chi connectivity index (χ3v) is 3.59. The van der Waals surface area contributed by atoms with Crippen LogP contribution in [0.1, 0.15) is 64.7 Å². The normalized spacial score (nSPS) is 12.2. The second kappa shape index (κ2) is 10.9. The average molecular weight is 257 g/mol. The molecule has 0 unspecified atom stereocenters. The molecule has 0 aromatic rings. The van der Waals surface area contributed by atoms with Gasteiger partial charge in [-0.3, -0.25) is 0 Å². The lowest BCUT2D eigenvalue weighted by atomic mass is 10.1. The van der Waals surface area contributed by atoms with Crippen LogP contribution in [0.15, 0.2) is 12.3 Å². The zero-order chi connectivity index (χ0) is 13.0. The minimum absolute atomic E-state index is 1.18. The summed E-state index contributed by atoms with van der Waals surface area (Å²) in [6.07, 6.45) is 16.5. The van der Waals surface area contributed by atoms with E-state index in [1.54, 1.807) is 0 Å². The molecule has 17 heavy (non-hydrogen) atoms. The van der Waals surface area contributed by atoms with E-state index >= 15 is 0 Å². The van der Waals surface area contributed by atoms with Crippen LogP contribution in [-0.2, 0) is 4.43 Å². The number of hydrogen-bond donors (Lipinski definition) is 0. The van der Waals surface area contributed by atoms with Crippen LogP contribution < -0.4 is 0 Å². The highest BCUT2D eigenvalue weighted by molar-refractivity contribution is 6.69. The molecule has 0 amide bonds. The summed E-state index contributed by atoms with van der Waals surface area (Å²) in [5.74, 6) is 0. The predicted octanol–water partition coefficient (Wildman–Crippen LogP) is 5.88. The summed E-state index contributed by atoms with van der Waals surface area (Å²) >= 11 is 0. The third-order valence-electron chi connectivity index (χ3n) is 2.74. The summed E-state index contributed by atoms with van der Waals surface area (Å²) in [6.45, 7) is 8.92. The van der Waals surface area contributed by atoms with Crippen molar-refractivity contribution in [3.05, 3.63) is 12.3 Å². The molecule has 0 spiro atoms. The lowest BCUT2D eigenvalue weighted by Crippen LogP contribution is -2.21. The number of rotatable bonds is 11. The van der Waals surface area contributed by atoms with Gasteiger partial charge in [0, 0.05) is 0 Å². The average Bonchev–Trinajstić information content (AvgIpc) is 2.24. The van der Waals surface area contributed by atoms with E-state index in [0.717, 1.165) is 0 Å². The van der Waals surface area contributed by atoms with Gasteiger partial charge in [0.1, 0.15) is 0 Å². The van der Waals surface area contributed by atoms with Gasteiger partial charge < -0.3 is 4.43 Å². The van der Waals surface area contributed by atoms with Gasteiger partial charge in [-0.05, 0) is 32.5 Å². The van der Waals surface area contributed by atoms with E-state index in [2.05, 4.69) is 32.6 Å². The first-order valence-corrected chi connectivity index (χ1v) is 10.8. The fraction of sp³-hybridized carbons (Fsp3) is 0.867. The fourth-order valence-electron chi connectivity index (χ4n) is 1.72. The lowest BCUT2D eigenvalue weighted by Gasteiger charge is -2.14. The van der Waals surface area contributed by atoms with Gasteiger partial charge in [0.15, 0.2) is 0 Å². The van der Waals surface area contributed by atoms with E-state index < -0.39 is 8.32 Å². The fourth-order valence-corrected chi connectivity index (χ4v) is 2.22. The maximum Gasteiger partial charge on any atom is 0.241 e. The van der Waals surface area contributed by atoms with Crippen LogP contribution in [0.3, 0.4) is 0 Å². The van der Waals surface area contributed by atoms with Gasteiger partial charge in [0.05, 0.1) is 6.26 Å². The highest BCUT2D eigenvalue weighted by atomic mass is 28.4. The first-order chi connectivity index (χ1) is 8.06. The van der Waals surface area contributed by atoms with E-state index in [0.29, 0.717) is 0 Å². The molecule has 0 heterocycles. The topological polar surface area (TPSA) is 9.23 Å². The summed E-state index contributed by atoms with van der Waals surface area (Å²) in [5, 5.41) is 0. The molecule has 0 aliphatic heterocycles. The number of unbranched alkanes of at least 4 members (excludes halogenated alkanes) is 8. The summed E-state index contributed by atoms with van der Waals surface area (Å²) in [5.41, 5.74) is 0. The van der Waals surface area contributed by atoms with Crippen molar-refractivity contribution >= 4 is 8.32 Å². The maximum atomic E-state index is 5.66. The molecule has 0 aromatic heterocycles. The molecule has 1 nitrogen and oxygen atoms in total. The van der Waals surface area contributed by atoms with Crippen LogP contribution >= 0.6 is 0 Å². The molecule has 0 atom stereocenters. The second-order valence-electron chi connectivity index (χ2n) is 5.87. The van der Waals surface area contributed by atoms with Gasteiger partial charge in [-0.1, -0.05) is 57.9 Å². The van der Waals surface area contributed by atoms with Gasteiger partial charge in [-0.15, -0.1) is 0 Å². The molecule has 2 heteroatoms. The number of hydrogen-bond acceptors (Lipinski definition) is 1. The molecule has 0 rings (SSSR count). The van der Waals surface area contributed by atoms with Crippen molar-refractivity contribution in [2.45, 2.75) is 84.4 Å². The Hall–Kier alpha value is -0.243. The molecule has 0 aliphatic carbocycles. The zero-order valence-electron chi connectivity index (χ0n) is 12.4. The van der Waals surface area contributed by atoms with Gasteiger partial charge in [0.2, 0.25) is 8.32 Å². The zero-order valence-corrected chi connectivity index (χ0v) is 13.4. The van der Waals surface area contributed by atoms with E-state index in [9.17, 15) is 0 Å². The van der Waals surface area contributed by atoms with E-state index in [4.69, 9.17) is 4.43 Å². The molecule has 0 saturated heterocycles. The standard InChI is InChI=1S/C15H32OSi/c1-5-6-7-8-9-10-11-12-13-14-15-16-17(2,3)4/h14-15H,5-13H2,1-4H3/b15-14+. The lowest BCUT2D eigenvalue weighted by molar-refractivity contribution is 0.475.